The van der Waals surface area contributed by atoms with Gasteiger partial charge in [-0.2, -0.15) is 0 Å². The molecule has 1 aromatic rings. The Morgan fingerprint density at radius 1 is 1.27 bits per heavy atom. The van der Waals surface area contributed by atoms with Crippen LogP contribution in [-0.2, 0) is 27.4 Å². The standard InChI is InChI=1S/C22H34N4O3.HI/c1-4-23-22(26-14-17(2)20(16-26)21(27)28-3)24-13-18-6-5-7-19(12-18)15-25-8-10-29-11-9-25;/h5-7,12,17,20H,4,8-11,13-16H2,1-3H3,(H,23,24);1H. The second kappa shape index (κ2) is 12.5. The number of guanidine groups is 1. The minimum absolute atomic E-state index is 0. The largest absolute Gasteiger partial charge is 0.469 e. The topological polar surface area (TPSA) is 66.4 Å². The van der Waals surface area contributed by atoms with Crippen LogP contribution in [-0.4, -0.2) is 74.8 Å². The van der Waals surface area contributed by atoms with E-state index in [-0.39, 0.29) is 41.8 Å². The van der Waals surface area contributed by atoms with Crippen molar-refractivity contribution >= 4 is 35.9 Å². The molecule has 0 saturated carbocycles. The van der Waals surface area contributed by atoms with E-state index < -0.39 is 0 Å². The van der Waals surface area contributed by atoms with Crippen molar-refractivity contribution in [3.8, 4) is 0 Å². The third-order valence-corrected chi connectivity index (χ3v) is 5.66. The van der Waals surface area contributed by atoms with Gasteiger partial charge in [-0.15, -0.1) is 24.0 Å². The minimum atomic E-state index is -0.133. The van der Waals surface area contributed by atoms with E-state index in [0.29, 0.717) is 13.1 Å². The number of hydrogen-bond donors (Lipinski definition) is 1. The summed E-state index contributed by atoms with van der Waals surface area (Å²) >= 11 is 0. The Bertz CT molecular complexity index is 709. The third-order valence-electron chi connectivity index (χ3n) is 5.66. The number of rotatable bonds is 6. The first-order valence-electron chi connectivity index (χ1n) is 10.6. The van der Waals surface area contributed by atoms with E-state index in [0.717, 1.165) is 51.9 Å². The highest BCUT2D eigenvalue weighted by molar-refractivity contribution is 14.0. The van der Waals surface area contributed by atoms with E-state index >= 15 is 0 Å². The van der Waals surface area contributed by atoms with Gasteiger partial charge in [0, 0.05) is 39.3 Å². The van der Waals surface area contributed by atoms with Crippen LogP contribution in [0.1, 0.15) is 25.0 Å². The Kier molecular flexibility index (Phi) is 10.3. The van der Waals surface area contributed by atoms with E-state index in [4.69, 9.17) is 14.5 Å². The first-order valence-corrected chi connectivity index (χ1v) is 10.6. The number of ether oxygens (including phenoxy) is 2. The summed E-state index contributed by atoms with van der Waals surface area (Å²) in [7, 11) is 1.46. The van der Waals surface area contributed by atoms with Gasteiger partial charge >= 0.3 is 5.97 Å². The molecule has 0 aliphatic carbocycles. The zero-order valence-corrected chi connectivity index (χ0v) is 20.6. The van der Waals surface area contributed by atoms with Crippen LogP contribution >= 0.6 is 24.0 Å². The Hall–Kier alpha value is -1.39. The fourth-order valence-corrected chi connectivity index (χ4v) is 4.03. The molecule has 8 heteroatoms. The van der Waals surface area contributed by atoms with E-state index in [1.807, 2.05) is 0 Å². The molecule has 30 heavy (non-hydrogen) atoms. The van der Waals surface area contributed by atoms with Crippen LogP contribution in [0.25, 0.3) is 0 Å². The van der Waals surface area contributed by atoms with E-state index in [1.165, 1.54) is 18.2 Å². The van der Waals surface area contributed by atoms with Crippen LogP contribution in [0.5, 0.6) is 0 Å². The van der Waals surface area contributed by atoms with E-state index in [9.17, 15) is 4.79 Å². The van der Waals surface area contributed by atoms with Gasteiger partial charge in [-0.1, -0.05) is 31.2 Å². The summed E-state index contributed by atoms with van der Waals surface area (Å²) in [4.78, 5) is 21.5. The molecule has 2 unspecified atom stereocenters. The van der Waals surface area contributed by atoms with Crippen molar-refractivity contribution in [1.82, 2.24) is 15.1 Å². The molecule has 2 heterocycles. The van der Waals surface area contributed by atoms with Crippen LogP contribution in [0.4, 0.5) is 0 Å². The molecule has 0 radical (unpaired) electrons. The van der Waals surface area contributed by atoms with Crippen molar-refractivity contribution in [1.29, 1.82) is 0 Å². The SMILES string of the molecule is CCNC(=NCc1cccc(CN2CCOCC2)c1)N1CC(C)C(C(=O)OC)C1.I. The fraction of sp³-hybridized carbons (Fsp3) is 0.636. The Labute approximate surface area is 197 Å². The maximum absolute atomic E-state index is 12.0. The molecule has 2 aliphatic rings. The second-order valence-electron chi connectivity index (χ2n) is 7.89. The average Bonchev–Trinajstić information content (AvgIpc) is 3.13. The van der Waals surface area contributed by atoms with E-state index in [2.05, 4.69) is 53.2 Å². The number of aliphatic imine (C=N–C) groups is 1. The number of likely N-dealkylation sites (tertiary alicyclic amines) is 1. The fourth-order valence-electron chi connectivity index (χ4n) is 4.03. The number of carbonyl (C=O) groups is 1. The zero-order chi connectivity index (χ0) is 20.6. The molecule has 3 rings (SSSR count). The highest BCUT2D eigenvalue weighted by atomic mass is 127. The van der Waals surface area contributed by atoms with Crippen LogP contribution in [0.3, 0.4) is 0 Å². The number of esters is 1. The van der Waals surface area contributed by atoms with Crippen molar-refractivity contribution in [2.24, 2.45) is 16.8 Å². The lowest BCUT2D eigenvalue weighted by molar-refractivity contribution is -0.145. The zero-order valence-electron chi connectivity index (χ0n) is 18.3. The Balaban J connectivity index is 0.00000320. The summed E-state index contributed by atoms with van der Waals surface area (Å²) in [6, 6.07) is 8.65. The summed E-state index contributed by atoms with van der Waals surface area (Å²) in [5.74, 6) is 0.889. The smallest absolute Gasteiger partial charge is 0.310 e. The number of carbonyl (C=O) groups excluding carboxylic acids is 1. The van der Waals surface area contributed by atoms with Crippen LogP contribution in [0.2, 0.25) is 0 Å². The molecule has 0 aromatic heterocycles. The number of nitrogens with one attached hydrogen (secondary N) is 1. The number of methoxy groups -OCH3 is 1. The van der Waals surface area contributed by atoms with Crippen molar-refractivity contribution in [3.05, 3.63) is 35.4 Å². The lowest BCUT2D eigenvalue weighted by Crippen LogP contribution is -2.40. The van der Waals surface area contributed by atoms with Gasteiger partial charge in [-0.3, -0.25) is 9.69 Å². The van der Waals surface area contributed by atoms with Gasteiger partial charge < -0.3 is 19.7 Å². The maximum Gasteiger partial charge on any atom is 0.310 e. The predicted molar refractivity (Wildman–Crippen MR) is 129 cm³/mol. The summed E-state index contributed by atoms with van der Waals surface area (Å²) < 4.78 is 10.4. The molecule has 0 spiro atoms. The average molecular weight is 530 g/mol. The molecular formula is C22H35IN4O3. The molecule has 2 fully saturated rings. The second-order valence-corrected chi connectivity index (χ2v) is 7.89. The van der Waals surface area contributed by atoms with Gasteiger partial charge in [0.2, 0.25) is 0 Å². The molecular weight excluding hydrogens is 495 g/mol. The van der Waals surface area contributed by atoms with Gasteiger partial charge in [-0.05, 0) is 24.0 Å². The van der Waals surface area contributed by atoms with Crippen molar-refractivity contribution < 1.29 is 14.3 Å². The Morgan fingerprint density at radius 2 is 2.00 bits per heavy atom. The number of nitrogens with zero attached hydrogens (tertiary/aromatic N) is 3. The van der Waals surface area contributed by atoms with Crippen molar-refractivity contribution in [2.75, 3.05) is 53.0 Å². The molecule has 1 aromatic carbocycles. The predicted octanol–water partition coefficient (Wildman–Crippen LogP) is 2.34. The molecule has 168 valence electrons. The first-order chi connectivity index (χ1) is 14.1. The molecule has 2 atom stereocenters. The quantitative estimate of drug-likeness (QED) is 0.264. The number of benzene rings is 1. The van der Waals surface area contributed by atoms with Gasteiger partial charge in [0.15, 0.2) is 5.96 Å². The molecule has 0 amide bonds. The van der Waals surface area contributed by atoms with Gasteiger partial charge in [0.25, 0.3) is 0 Å². The summed E-state index contributed by atoms with van der Waals surface area (Å²) in [6.07, 6.45) is 0. The Morgan fingerprint density at radius 3 is 2.70 bits per heavy atom. The highest BCUT2D eigenvalue weighted by Gasteiger charge is 2.36. The summed E-state index contributed by atoms with van der Waals surface area (Å²) in [6.45, 7) is 11.6. The summed E-state index contributed by atoms with van der Waals surface area (Å²) in [5, 5.41) is 3.37. The molecule has 7 nitrogen and oxygen atoms in total. The first kappa shape index (κ1) is 24.9. The van der Waals surface area contributed by atoms with Crippen LogP contribution < -0.4 is 5.32 Å². The third kappa shape index (κ3) is 6.81. The van der Waals surface area contributed by atoms with Crippen LogP contribution in [0, 0.1) is 11.8 Å². The monoisotopic (exact) mass is 530 g/mol. The maximum atomic E-state index is 12.0. The number of hydrogen-bond acceptors (Lipinski definition) is 5. The number of morpholine rings is 1. The van der Waals surface area contributed by atoms with Gasteiger partial charge in [0.1, 0.15) is 0 Å². The molecule has 1 N–H and O–H groups in total. The molecule has 2 saturated heterocycles. The van der Waals surface area contributed by atoms with E-state index in [1.54, 1.807) is 0 Å². The molecule has 2 aliphatic heterocycles. The van der Waals surface area contributed by atoms with Gasteiger partial charge in [-0.25, -0.2) is 4.99 Å². The minimum Gasteiger partial charge on any atom is -0.469 e. The van der Waals surface area contributed by atoms with Crippen molar-refractivity contribution in [2.45, 2.75) is 26.9 Å². The van der Waals surface area contributed by atoms with Crippen LogP contribution in [0.15, 0.2) is 29.3 Å². The number of halogens is 1. The lowest BCUT2D eigenvalue weighted by Gasteiger charge is -2.26. The normalized spacial score (nSPS) is 22.5. The highest BCUT2D eigenvalue weighted by Crippen LogP contribution is 2.24. The lowest BCUT2D eigenvalue weighted by atomic mass is 9.99. The molecule has 0 bridgehead atoms. The van der Waals surface area contributed by atoms with Crippen molar-refractivity contribution in [3.63, 3.8) is 0 Å². The summed E-state index contributed by atoms with van der Waals surface area (Å²) in [5.41, 5.74) is 2.51. The van der Waals surface area contributed by atoms with Gasteiger partial charge in [0.05, 0.1) is 32.8 Å².